The topological polar surface area (TPSA) is 49.7 Å². The Kier molecular flexibility index (Phi) is 4.67. The number of hydrogen-bond acceptors (Lipinski definition) is 3. The zero-order valence-electron chi connectivity index (χ0n) is 5.87. The summed E-state index contributed by atoms with van der Waals surface area (Å²) < 4.78 is 4.76. The lowest BCUT2D eigenvalue weighted by Gasteiger charge is -2.14. The fourth-order valence-electron chi connectivity index (χ4n) is 0.554. The molecule has 3 heteroatoms. The molecule has 0 aromatic carbocycles. The Bertz CT molecular complexity index is 65.3. The quantitative estimate of drug-likeness (QED) is 0.551. The molecule has 3 nitrogen and oxygen atoms in total. The van der Waals surface area contributed by atoms with E-state index in [4.69, 9.17) is 14.9 Å². The van der Waals surface area contributed by atoms with Crippen LogP contribution in [-0.2, 0) is 4.74 Å². The molecular weight excluding hydrogens is 120 g/mol. The lowest BCUT2D eigenvalue weighted by molar-refractivity contribution is 0.0191. The van der Waals surface area contributed by atoms with Gasteiger partial charge in [-0.3, -0.25) is 0 Å². The maximum atomic E-state index is 8.93. The molecule has 0 bridgehead atoms. The predicted molar refractivity (Wildman–Crippen MR) is 34.1 cm³/mol. The lowest BCUT2D eigenvalue weighted by atomic mass is 10.1. The van der Waals surface area contributed by atoms with Crippen LogP contribution in [0.2, 0.25) is 0 Å². The third-order valence-electron chi connectivity index (χ3n) is 1.27. The van der Waals surface area contributed by atoms with Gasteiger partial charge in [0.1, 0.15) is 0 Å². The molecule has 0 saturated carbocycles. The number of methoxy groups -OCH3 is 1. The van der Waals surface area contributed by atoms with Crippen molar-refractivity contribution < 1.29 is 14.9 Å². The number of aliphatic hydroxyl groups excluding tert-OH is 2. The molecule has 0 heterocycles. The molecule has 2 N–H and O–H groups in total. The van der Waals surface area contributed by atoms with Crippen LogP contribution in [0.5, 0.6) is 0 Å². The minimum Gasteiger partial charge on any atom is -0.394 e. The van der Waals surface area contributed by atoms with Crippen molar-refractivity contribution in [3.8, 4) is 0 Å². The molecule has 2 unspecified atom stereocenters. The van der Waals surface area contributed by atoms with Crippen LogP contribution in [0.25, 0.3) is 0 Å². The molecule has 0 aromatic heterocycles. The third kappa shape index (κ3) is 3.46. The summed E-state index contributed by atoms with van der Waals surface area (Å²) in [6, 6.07) is 0. The molecule has 0 aliphatic rings. The minimum absolute atomic E-state index is 0.0139. The molecule has 0 saturated heterocycles. The Labute approximate surface area is 55.3 Å². The van der Waals surface area contributed by atoms with E-state index in [9.17, 15) is 0 Å². The third-order valence-corrected chi connectivity index (χ3v) is 1.27. The van der Waals surface area contributed by atoms with Gasteiger partial charge >= 0.3 is 0 Å². The highest BCUT2D eigenvalue weighted by Crippen LogP contribution is 2.00. The lowest BCUT2D eigenvalue weighted by Crippen LogP contribution is -2.25. The Hall–Kier alpha value is -0.120. The summed E-state index contributed by atoms with van der Waals surface area (Å²) in [7, 11) is 1.57. The monoisotopic (exact) mass is 134 g/mol. The summed E-state index contributed by atoms with van der Waals surface area (Å²) in [6.45, 7) is 2.12. The fourth-order valence-corrected chi connectivity index (χ4v) is 0.554. The van der Waals surface area contributed by atoms with Crippen molar-refractivity contribution in [1.29, 1.82) is 0 Å². The normalized spacial score (nSPS) is 17.3. The van der Waals surface area contributed by atoms with Gasteiger partial charge in [-0.2, -0.15) is 0 Å². The highest BCUT2D eigenvalue weighted by atomic mass is 16.5. The van der Waals surface area contributed by atoms with Gasteiger partial charge in [-0.05, 0) is 0 Å². The van der Waals surface area contributed by atoms with Gasteiger partial charge in [-0.15, -0.1) is 0 Å². The average Bonchev–Trinajstić information content (AvgIpc) is 1.87. The van der Waals surface area contributed by atoms with Gasteiger partial charge in [-0.1, -0.05) is 6.92 Å². The summed E-state index contributed by atoms with van der Waals surface area (Å²) in [5, 5.41) is 17.4. The van der Waals surface area contributed by atoms with E-state index in [0.29, 0.717) is 6.61 Å². The number of rotatable bonds is 4. The zero-order chi connectivity index (χ0) is 7.28. The molecule has 0 aromatic rings. The summed E-state index contributed by atoms with van der Waals surface area (Å²) in [5.74, 6) is 0.0139. The first-order valence-corrected chi connectivity index (χ1v) is 3.00. The van der Waals surface area contributed by atoms with Crippen LogP contribution < -0.4 is 0 Å². The molecule has 56 valence electrons. The largest absolute Gasteiger partial charge is 0.394 e. The summed E-state index contributed by atoms with van der Waals surface area (Å²) in [6.07, 6.45) is -0.648. The standard InChI is InChI=1S/C6H14O3/c1-5(4-9-2)6(8)3-7/h5-8H,3-4H2,1-2H3. The first-order chi connectivity index (χ1) is 4.22. The number of ether oxygens (including phenoxy) is 1. The molecule has 0 amide bonds. The molecule has 0 aliphatic heterocycles. The van der Waals surface area contributed by atoms with Crippen molar-refractivity contribution in [3.05, 3.63) is 0 Å². The Morgan fingerprint density at radius 2 is 2.11 bits per heavy atom. The van der Waals surface area contributed by atoms with Crippen LogP contribution in [0, 0.1) is 5.92 Å². The molecule has 0 rings (SSSR count). The van der Waals surface area contributed by atoms with Crippen molar-refractivity contribution >= 4 is 0 Å². The van der Waals surface area contributed by atoms with Gasteiger partial charge in [0, 0.05) is 13.0 Å². The van der Waals surface area contributed by atoms with Crippen LogP contribution in [0.1, 0.15) is 6.92 Å². The van der Waals surface area contributed by atoms with E-state index < -0.39 is 6.10 Å². The van der Waals surface area contributed by atoms with Crippen LogP contribution in [0.3, 0.4) is 0 Å². The van der Waals surface area contributed by atoms with Gasteiger partial charge in [0.25, 0.3) is 0 Å². The Balaban J connectivity index is 3.32. The van der Waals surface area contributed by atoms with Crippen LogP contribution in [-0.4, -0.2) is 36.6 Å². The first kappa shape index (κ1) is 8.88. The second-order valence-corrected chi connectivity index (χ2v) is 2.18. The minimum atomic E-state index is -0.648. The van der Waals surface area contributed by atoms with Crippen molar-refractivity contribution in [1.82, 2.24) is 0 Å². The summed E-state index contributed by atoms with van der Waals surface area (Å²) >= 11 is 0. The van der Waals surface area contributed by atoms with E-state index in [2.05, 4.69) is 0 Å². The van der Waals surface area contributed by atoms with E-state index >= 15 is 0 Å². The maximum absolute atomic E-state index is 8.93. The van der Waals surface area contributed by atoms with Gasteiger partial charge in [0.05, 0.1) is 19.3 Å². The molecule has 2 atom stereocenters. The molecular formula is C6H14O3. The van der Waals surface area contributed by atoms with Crippen molar-refractivity contribution in [3.63, 3.8) is 0 Å². The second kappa shape index (κ2) is 4.73. The van der Waals surface area contributed by atoms with E-state index in [0.717, 1.165) is 0 Å². The maximum Gasteiger partial charge on any atom is 0.0818 e. The molecule has 0 aliphatic carbocycles. The van der Waals surface area contributed by atoms with E-state index in [-0.39, 0.29) is 12.5 Å². The van der Waals surface area contributed by atoms with Gasteiger partial charge in [0.2, 0.25) is 0 Å². The number of hydrogen-bond donors (Lipinski definition) is 2. The van der Waals surface area contributed by atoms with Crippen LogP contribution >= 0.6 is 0 Å². The Morgan fingerprint density at radius 3 is 2.44 bits per heavy atom. The van der Waals surface area contributed by atoms with Crippen molar-refractivity contribution in [2.45, 2.75) is 13.0 Å². The van der Waals surface area contributed by atoms with Crippen LogP contribution in [0.15, 0.2) is 0 Å². The SMILES string of the molecule is COCC(C)C(O)CO. The summed E-state index contributed by atoms with van der Waals surface area (Å²) in [5.41, 5.74) is 0. The van der Waals surface area contributed by atoms with E-state index in [1.807, 2.05) is 6.92 Å². The smallest absolute Gasteiger partial charge is 0.0818 e. The molecule has 0 spiro atoms. The van der Waals surface area contributed by atoms with Crippen LogP contribution in [0.4, 0.5) is 0 Å². The van der Waals surface area contributed by atoms with E-state index in [1.54, 1.807) is 7.11 Å². The summed E-state index contributed by atoms with van der Waals surface area (Å²) in [4.78, 5) is 0. The average molecular weight is 134 g/mol. The van der Waals surface area contributed by atoms with Gasteiger partial charge in [0.15, 0.2) is 0 Å². The number of aliphatic hydroxyl groups is 2. The fraction of sp³-hybridized carbons (Fsp3) is 1.00. The predicted octanol–water partition coefficient (Wildman–Crippen LogP) is -0.378. The van der Waals surface area contributed by atoms with E-state index in [1.165, 1.54) is 0 Å². The van der Waals surface area contributed by atoms with Crippen molar-refractivity contribution in [2.24, 2.45) is 5.92 Å². The highest BCUT2D eigenvalue weighted by molar-refractivity contribution is 4.60. The first-order valence-electron chi connectivity index (χ1n) is 3.00. The second-order valence-electron chi connectivity index (χ2n) is 2.18. The van der Waals surface area contributed by atoms with Crippen molar-refractivity contribution in [2.75, 3.05) is 20.3 Å². The molecule has 0 fully saturated rings. The Morgan fingerprint density at radius 1 is 1.56 bits per heavy atom. The zero-order valence-corrected chi connectivity index (χ0v) is 5.87. The van der Waals surface area contributed by atoms with Gasteiger partial charge in [-0.25, -0.2) is 0 Å². The highest BCUT2D eigenvalue weighted by Gasteiger charge is 2.11. The molecule has 9 heavy (non-hydrogen) atoms. The van der Waals surface area contributed by atoms with Gasteiger partial charge < -0.3 is 14.9 Å². The molecule has 0 radical (unpaired) electrons.